The standard InChI is InChI=1S/C18H28N2O2/c1-18(2)13-19-11-15(22-18)12-20-9-7-14-5-4-6-17(21-3)16(14)8-10-20/h4-6,15,19H,7-13H2,1-3H3/t15-/m1/s1. The Kier molecular flexibility index (Phi) is 4.71. The number of nitrogens with zero attached hydrogens (tertiary/aromatic N) is 1. The molecule has 0 saturated carbocycles. The Hall–Kier alpha value is -1.10. The van der Waals surface area contributed by atoms with Crippen molar-refractivity contribution in [3.63, 3.8) is 0 Å². The van der Waals surface area contributed by atoms with Crippen molar-refractivity contribution in [2.75, 3.05) is 39.8 Å². The highest BCUT2D eigenvalue weighted by Gasteiger charge is 2.29. The van der Waals surface area contributed by atoms with E-state index in [4.69, 9.17) is 9.47 Å². The molecule has 4 heteroatoms. The minimum Gasteiger partial charge on any atom is -0.496 e. The van der Waals surface area contributed by atoms with Crippen molar-refractivity contribution < 1.29 is 9.47 Å². The van der Waals surface area contributed by atoms with Crippen LogP contribution in [-0.2, 0) is 17.6 Å². The molecule has 0 amide bonds. The molecular formula is C18H28N2O2. The van der Waals surface area contributed by atoms with E-state index in [1.54, 1.807) is 7.11 Å². The predicted octanol–water partition coefficient (Wildman–Crippen LogP) is 1.86. The number of fused-ring (bicyclic) bond motifs is 1. The maximum atomic E-state index is 6.21. The largest absolute Gasteiger partial charge is 0.496 e. The lowest BCUT2D eigenvalue weighted by Crippen LogP contribution is -2.54. The summed E-state index contributed by atoms with van der Waals surface area (Å²) in [5.74, 6) is 1.04. The van der Waals surface area contributed by atoms with Gasteiger partial charge in [-0.3, -0.25) is 0 Å². The molecule has 1 saturated heterocycles. The third kappa shape index (κ3) is 3.62. The molecule has 1 aromatic rings. The van der Waals surface area contributed by atoms with Crippen molar-refractivity contribution in [1.82, 2.24) is 10.2 Å². The van der Waals surface area contributed by atoms with Gasteiger partial charge in [0.1, 0.15) is 5.75 Å². The number of hydrogen-bond donors (Lipinski definition) is 1. The Morgan fingerprint density at radius 2 is 2.14 bits per heavy atom. The molecule has 4 nitrogen and oxygen atoms in total. The second-order valence-electron chi connectivity index (χ2n) is 7.03. The maximum Gasteiger partial charge on any atom is 0.122 e. The first-order valence-electron chi connectivity index (χ1n) is 8.33. The van der Waals surface area contributed by atoms with Gasteiger partial charge in [0.15, 0.2) is 0 Å². The van der Waals surface area contributed by atoms with Crippen LogP contribution in [0.2, 0.25) is 0 Å². The van der Waals surface area contributed by atoms with Gasteiger partial charge in [0.25, 0.3) is 0 Å². The van der Waals surface area contributed by atoms with Crippen molar-refractivity contribution in [3.8, 4) is 5.75 Å². The Balaban J connectivity index is 1.62. The van der Waals surface area contributed by atoms with Gasteiger partial charge in [-0.1, -0.05) is 12.1 Å². The second kappa shape index (κ2) is 6.57. The molecular weight excluding hydrogens is 276 g/mol. The van der Waals surface area contributed by atoms with Crippen LogP contribution in [0, 0.1) is 0 Å². The summed E-state index contributed by atoms with van der Waals surface area (Å²) < 4.78 is 11.7. The smallest absolute Gasteiger partial charge is 0.122 e. The second-order valence-corrected chi connectivity index (χ2v) is 7.03. The van der Waals surface area contributed by atoms with Gasteiger partial charge in [0.2, 0.25) is 0 Å². The number of ether oxygens (including phenoxy) is 2. The fourth-order valence-electron chi connectivity index (χ4n) is 3.62. The summed E-state index contributed by atoms with van der Waals surface area (Å²) in [6.07, 6.45) is 2.44. The van der Waals surface area contributed by atoms with Gasteiger partial charge in [0, 0.05) is 32.7 Å². The number of morpholine rings is 1. The van der Waals surface area contributed by atoms with E-state index in [2.05, 4.69) is 42.3 Å². The fourth-order valence-corrected chi connectivity index (χ4v) is 3.62. The van der Waals surface area contributed by atoms with Crippen molar-refractivity contribution in [3.05, 3.63) is 29.3 Å². The lowest BCUT2D eigenvalue weighted by Gasteiger charge is -2.38. The molecule has 2 aliphatic rings. The molecule has 122 valence electrons. The molecule has 2 heterocycles. The lowest BCUT2D eigenvalue weighted by molar-refractivity contribution is -0.103. The summed E-state index contributed by atoms with van der Waals surface area (Å²) in [7, 11) is 1.77. The number of methoxy groups -OCH3 is 1. The molecule has 0 unspecified atom stereocenters. The molecule has 22 heavy (non-hydrogen) atoms. The summed E-state index contributed by atoms with van der Waals surface area (Å²) >= 11 is 0. The number of benzene rings is 1. The maximum absolute atomic E-state index is 6.21. The van der Waals surface area contributed by atoms with E-state index in [1.165, 1.54) is 11.1 Å². The molecule has 0 bridgehead atoms. The first-order valence-corrected chi connectivity index (χ1v) is 8.33. The van der Waals surface area contributed by atoms with E-state index in [-0.39, 0.29) is 11.7 Å². The van der Waals surface area contributed by atoms with Crippen molar-refractivity contribution in [2.24, 2.45) is 0 Å². The Labute approximate surface area is 133 Å². The molecule has 3 rings (SSSR count). The van der Waals surface area contributed by atoms with Crippen LogP contribution in [0.1, 0.15) is 25.0 Å². The zero-order valence-corrected chi connectivity index (χ0v) is 14.0. The molecule has 0 spiro atoms. The minimum atomic E-state index is -0.0546. The van der Waals surface area contributed by atoms with Crippen molar-refractivity contribution in [1.29, 1.82) is 0 Å². The molecule has 1 fully saturated rings. The van der Waals surface area contributed by atoms with Gasteiger partial charge in [-0.25, -0.2) is 0 Å². The monoisotopic (exact) mass is 304 g/mol. The summed E-state index contributed by atoms with van der Waals surface area (Å²) in [4.78, 5) is 2.53. The van der Waals surface area contributed by atoms with Crippen LogP contribution in [0.15, 0.2) is 18.2 Å². The van der Waals surface area contributed by atoms with E-state index in [1.807, 2.05) is 0 Å². The Bertz CT molecular complexity index is 516. The van der Waals surface area contributed by atoms with Crippen LogP contribution in [0.4, 0.5) is 0 Å². The van der Waals surface area contributed by atoms with Gasteiger partial charge in [-0.2, -0.15) is 0 Å². The van der Waals surface area contributed by atoms with Crippen LogP contribution in [0.25, 0.3) is 0 Å². The first-order chi connectivity index (χ1) is 10.6. The summed E-state index contributed by atoms with van der Waals surface area (Å²) in [6.45, 7) is 9.40. The van der Waals surface area contributed by atoms with E-state index in [0.717, 1.165) is 51.3 Å². The van der Waals surface area contributed by atoms with Gasteiger partial charge in [-0.15, -0.1) is 0 Å². The zero-order valence-electron chi connectivity index (χ0n) is 14.0. The summed E-state index contributed by atoms with van der Waals surface area (Å²) in [5.41, 5.74) is 2.77. The first kappa shape index (κ1) is 15.8. The average molecular weight is 304 g/mol. The highest BCUT2D eigenvalue weighted by molar-refractivity contribution is 5.41. The molecule has 1 atom stereocenters. The van der Waals surface area contributed by atoms with Crippen LogP contribution in [0.5, 0.6) is 5.75 Å². The summed E-state index contributed by atoms with van der Waals surface area (Å²) in [6, 6.07) is 6.42. The van der Waals surface area contributed by atoms with Crippen LogP contribution < -0.4 is 10.1 Å². The van der Waals surface area contributed by atoms with Gasteiger partial charge >= 0.3 is 0 Å². The third-order valence-electron chi connectivity index (χ3n) is 4.70. The average Bonchev–Trinajstić information content (AvgIpc) is 2.69. The Morgan fingerprint density at radius 1 is 1.32 bits per heavy atom. The van der Waals surface area contributed by atoms with Gasteiger partial charge < -0.3 is 19.7 Å². The van der Waals surface area contributed by atoms with Gasteiger partial charge in [-0.05, 0) is 43.9 Å². The van der Waals surface area contributed by atoms with Crippen molar-refractivity contribution >= 4 is 0 Å². The van der Waals surface area contributed by atoms with Gasteiger partial charge in [0.05, 0.1) is 18.8 Å². The van der Waals surface area contributed by atoms with E-state index >= 15 is 0 Å². The number of hydrogen-bond acceptors (Lipinski definition) is 4. The van der Waals surface area contributed by atoms with Crippen LogP contribution in [-0.4, -0.2) is 56.4 Å². The van der Waals surface area contributed by atoms with E-state index in [9.17, 15) is 0 Å². The normalized spacial score (nSPS) is 25.3. The number of rotatable bonds is 3. The lowest BCUT2D eigenvalue weighted by atomic mass is 10.0. The zero-order chi connectivity index (χ0) is 15.6. The molecule has 2 aliphatic heterocycles. The molecule has 1 N–H and O–H groups in total. The SMILES string of the molecule is COc1cccc2c1CCN(C[C@H]1CNCC(C)(C)O1)CC2. The van der Waals surface area contributed by atoms with Crippen molar-refractivity contribution in [2.45, 2.75) is 38.4 Å². The quantitative estimate of drug-likeness (QED) is 0.924. The fraction of sp³-hybridized carbons (Fsp3) is 0.667. The highest BCUT2D eigenvalue weighted by Crippen LogP contribution is 2.26. The topological polar surface area (TPSA) is 33.7 Å². The van der Waals surface area contributed by atoms with Crippen LogP contribution in [0.3, 0.4) is 0 Å². The molecule has 0 aromatic heterocycles. The highest BCUT2D eigenvalue weighted by atomic mass is 16.5. The third-order valence-corrected chi connectivity index (χ3v) is 4.70. The molecule has 1 aromatic carbocycles. The molecule has 0 radical (unpaired) electrons. The predicted molar refractivity (Wildman–Crippen MR) is 88.7 cm³/mol. The summed E-state index contributed by atoms with van der Waals surface area (Å²) in [5, 5.41) is 3.49. The Morgan fingerprint density at radius 3 is 2.91 bits per heavy atom. The van der Waals surface area contributed by atoms with Crippen LogP contribution >= 0.6 is 0 Å². The van der Waals surface area contributed by atoms with E-state index in [0.29, 0.717) is 0 Å². The minimum absolute atomic E-state index is 0.0546. The van der Waals surface area contributed by atoms with E-state index < -0.39 is 0 Å². The molecule has 0 aliphatic carbocycles. The number of nitrogens with one attached hydrogen (secondary N) is 1.